The lowest BCUT2D eigenvalue weighted by Crippen LogP contribution is -2.28. The molecule has 0 aliphatic rings. The summed E-state index contributed by atoms with van der Waals surface area (Å²) in [6.07, 6.45) is 2.41. The molecule has 0 fully saturated rings. The summed E-state index contributed by atoms with van der Waals surface area (Å²) in [6, 6.07) is 7.29. The first-order chi connectivity index (χ1) is 8.10. The molecule has 1 rings (SSSR count). The fourth-order valence-corrected chi connectivity index (χ4v) is 2.25. The van der Waals surface area contributed by atoms with E-state index < -0.39 is 0 Å². The predicted octanol–water partition coefficient (Wildman–Crippen LogP) is 4.39. The van der Waals surface area contributed by atoms with E-state index >= 15 is 0 Å². The summed E-state index contributed by atoms with van der Waals surface area (Å²) >= 11 is 0. The van der Waals surface area contributed by atoms with E-state index in [0.29, 0.717) is 12.0 Å². The van der Waals surface area contributed by atoms with Gasteiger partial charge in [0.15, 0.2) is 0 Å². The average molecular weight is 233 g/mol. The third-order valence-electron chi connectivity index (χ3n) is 3.60. The van der Waals surface area contributed by atoms with Crippen molar-refractivity contribution < 1.29 is 0 Å². The number of aryl methyl sites for hydroxylation is 2. The normalized spacial score (nSPS) is 14.6. The van der Waals surface area contributed by atoms with Crippen LogP contribution in [0.4, 0.5) is 0 Å². The van der Waals surface area contributed by atoms with Gasteiger partial charge in [-0.1, -0.05) is 51.0 Å². The minimum atomic E-state index is 0.500. The molecule has 0 heterocycles. The van der Waals surface area contributed by atoms with Gasteiger partial charge in [-0.2, -0.15) is 0 Å². The molecule has 1 heteroatoms. The zero-order chi connectivity index (χ0) is 12.8. The van der Waals surface area contributed by atoms with Gasteiger partial charge in [0, 0.05) is 6.04 Å². The quantitative estimate of drug-likeness (QED) is 0.768. The third-order valence-corrected chi connectivity index (χ3v) is 3.60. The van der Waals surface area contributed by atoms with Crippen molar-refractivity contribution in [2.24, 2.45) is 5.92 Å². The Morgan fingerprint density at radius 1 is 1.18 bits per heavy atom. The maximum absolute atomic E-state index is 3.70. The van der Waals surface area contributed by atoms with Crippen LogP contribution in [0, 0.1) is 19.8 Å². The zero-order valence-corrected chi connectivity index (χ0v) is 12.0. The van der Waals surface area contributed by atoms with E-state index in [-0.39, 0.29) is 0 Å². The van der Waals surface area contributed by atoms with Crippen molar-refractivity contribution in [3.05, 3.63) is 34.9 Å². The highest BCUT2D eigenvalue weighted by atomic mass is 14.9. The molecule has 0 amide bonds. The monoisotopic (exact) mass is 233 g/mol. The summed E-state index contributed by atoms with van der Waals surface area (Å²) in [5, 5.41) is 3.70. The van der Waals surface area contributed by atoms with Crippen LogP contribution in [-0.4, -0.2) is 6.54 Å². The SMILES string of the molecule is CCCNC(c1cc(C)ccc1C)C(C)CC. The van der Waals surface area contributed by atoms with E-state index in [2.05, 4.69) is 58.1 Å². The maximum Gasteiger partial charge on any atom is 0.0348 e. The Bertz CT molecular complexity index is 343. The van der Waals surface area contributed by atoms with Crippen LogP contribution in [0.5, 0.6) is 0 Å². The van der Waals surface area contributed by atoms with Gasteiger partial charge in [0.05, 0.1) is 0 Å². The standard InChI is InChI=1S/C16H27N/c1-6-10-17-16(13(4)7-2)15-11-12(3)8-9-14(15)5/h8-9,11,13,16-17H,6-7,10H2,1-5H3. The van der Waals surface area contributed by atoms with Gasteiger partial charge < -0.3 is 5.32 Å². The molecule has 1 aromatic rings. The summed E-state index contributed by atoms with van der Waals surface area (Å²) in [5.41, 5.74) is 4.24. The van der Waals surface area contributed by atoms with Crippen molar-refractivity contribution in [2.75, 3.05) is 6.54 Å². The summed E-state index contributed by atoms with van der Waals surface area (Å²) in [4.78, 5) is 0. The smallest absolute Gasteiger partial charge is 0.0348 e. The number of hydrogen-bond donors (Lipinski definition) is 1. The van der Waals surface area contributed by atoms with Crippen molar-refractivity contribution in [2.45, 2.75) is 53.5 Å². The van der Waals surface area contributed by atoms with E-state index in [0.717, 1.165) is 6.54 Å². The minimum absolute atomic E-state index is 0.500. The van der Waals surface area contributed by atoms with Crippen molar-refractivity contribution in [3.8, 4) is 0 Å². The lowest BCUT2D eigenvalue weighted by Gasteiger charge is -2.26. The molecule has 2 unspecified atom stereocenters. The van der Waals surface area contributed by atoms with Gasteiger partial charge in [-0.3, -0.25) is 0 Å². The molecule has 0 aliphatic heterocycles. The molecule has 17 heavy (non-hydrogen) atoms. The molecule has 0 aromatic heterocycles. The second-order valence-corrected chi connectivity index (χ2v) is 5.18. The molecule has 1 aromatic carbocycles. The molecule has 2 atom stereocenters. The van der Waals surface area contributed by atoms with Gasteiger partial charge in [-0.15, -0.1) is 0 Å². The molecule has 0 saturated carbocycles. The zero-order valence-electron chi connectivity index (χ0n) is 12.0. The van der Waals surface area contributed by atoms with Gasteiger partial charge in [0.2, 0.25) is 0 Å². The third kappa shape index (κ3) is 3.85. The van der Waals surface area contributed by atoms with E-state index in [4.69, 9.17) is 0 Å². The van der Waals surface area contributed by atoms with Crippen LogP contribution in [-0.2, 0) is 0 Å². The lowest BCUT2D eigenvalue weighted by atomic mass is 9.89. The van der Waals surface area contributed by atoms with Crippen molar-refractivity contribution in [1.82, 2.24) is 5.32 Å². The summed E-state index contributed by atoms with van der Waals surface area (Å²) in [7, 11) is 0. The van der Waals surface area contributed by atoms with Crippen LogP contribution in [0.15, 0.2) is 18.2 Å². The first-order valence-corrected chi connectivity index (χ1v) is 6.90. The fraction of sp³-hybridized carbons (Fsp3) is 0.625. The Labute approximate surface area is 107 Å². The first kappa shape index (κ1) is 14.2. The van der Waals surface area contributed by atoms with Crippen molar-refractivity contribution in [3.63, 3.8) is 0 Å². The number of nitrogens with one attached hydrogen (secondary N) is 1. The van der Waals surface area contributed by atoms with E-state index in [1.165, 1.54) is 29.5 Å². The Morgan fingerprint density at radius 3 is 2.47 bits per heavy atom. The van der Waals surface area contributed by atoms with E-state index in [9.17, 15) is 0 Å². The number of rotatable bonds is 6. The Morgan fingerprint density at radius 2 is 1.88 bits per heavy atom. The molecule has 0 spiro atoms. The van der Waals surface area contributed by atoms with E-state index in [1.807, 2.05) is 0 Å². The van der Waals surface area contributed by atoms with Gasteiger partial charge in [-0.05, 0) is 43.9 Å². The molecule has 0 aliphatic carbocycles. The molecular weight excluding hydrogens is 206 g/mol. The Balaban J connectivity index is 2.98. The first-order valence-electron chi connectivity index (χ1n) is 6.90. The van der Waals surface area contributed by atoms with Gasteiger partial charge in [0.1, 0.15) is 0 Å². The summed E-state index contributed by atoms with van der Waals surface area (Å²) < 4.78 is 0. The fourth-order valence-electron chi connectivity index (χ4n) is 2.25. The van der Waals surface area contributed by atoms with Gasteiger partial charge in [-0.25, -0.2) is 0 Å². The molecule has 1 N–H and O–H groups in total. The minimum Gasteiger partial charge on any atom is -0.310 e. The molecule has 96 valence electrons. The van der Waals surface area contributed by atoms with Crippen LogP contribution >= 0.6 is 0 Å². The number of benzene rings is 1. The maximum atomic E-state index is 3.70. The van der Waals surface area contributed by atoms with Crippen LogP contribution in [0.1, 0.15) is 56.3 Å². The van der Waals surface area contributed by atoms with E-state index in [1.54, 1.807) is 0 Å². The topological polar surface area (TPSA) is 12.0 Å². The Kier molecular flexibility index (Phi) is 5.70. The molecule has 0 radical (unpaired) electrons. The average Bonchev–Trinajstić information content (AvgIpc) is 2.33. The van der Waals surface area contributed by atoms with Crippen molar-refractivity contribution in [1.29, 1.82) is 0 Å². The molecule has 0 saturated heterocycles. The van der Waals surface area contributed by atoms with Crippen LogP contribution in [0.25, 0.3) is 0 Å². The second-order valence-electron chi connectivity index (χ2n) is 5.18. The van der Waals surface area contributed by atoms with Gasteiger partial charge >= 0.3 is 0 Å². The van der Waals surface area contributed by atoms with Crippen LogP contribution in [0.3, 0.4) is 0 Å². The highest BCUT2D eigenvalue weighted by Gasteiger charge is 2.18. The van der Waals surface area contributed by atoms with Crippen LogP contribution < -0.4 is 5.32 Å². The van der Waals surface area contributed by atoms with Crippen molar-refractivity contribution >= 4 is 0 Å². The highest BCUT2D eigenvalue weighted by molar-refractivity contribution is 5.33. The largest absolute Gasteiger partial charge is 0.310 e. The lowest BCUT2D eigenvalue weighted by molar-refractivity contribution is 0.376. The van der Waals surface area contributed by atoms with Gasteiger partial charge in [0.25, 0.3) is 0 Å². The predicted molar refractivity (Wildman–Crippen MR) is 76.4 cm³/mol. The second kappa shape index (κ2) is 6.80. The highest BCUT2D eigenvalue weighted by Crippen LogP contribution is 2.27. The van der Waals surface area contributed by atoms with Crippen LogP contribution in [0.2, 0.25) is 0 Å². The summed E-state index contributed by atoms with van der Waals surface area (Å²) in [5.74, 6) is 0.682. The molecule has 1 nitrogen and oxygen atoms in total. The molecule has 0 bridgehead atoms. The number of hydrogen-bond acceptors (Lipinski definition) is 1. The Hall–Kier alpha value is -0.820. The molecular formula is C16H27N. The summed E-state index contributed by atoms with van der Waals surface area (Å²) in [6.45, 7) is 12.3.